The Balaban J connectivity index is 2.59. The Morgan fingerprint density at radius 3 is 1.32 bits per heavy atom. The van der Waals surface area contributed by atoms with Gasteiger partial charge in [-0.05, 0) is 59.8 Å². The molecule has 0 fully saturated rings. The van der Waals surface area contributed by atoms with Crippen LogP contribution in [-0.2, 0) is 9.47 Å². The second kappa shape index (κ2) is 13.7. The third-order valence-corrected chi connectivity index (χ3v) is 6.57. The largest absolute Gasteiger partial charge is 0.480 e. The van der Waals surface area contributed by atoms with Crippen LogP contribution in [0.25, 0.3) is 0 Å². The number of aliphatic imine (C=N–C) groups is 3. The van der Waals surface area contributed by atoms with Crippen molar-refractivity contribution in [3.05, 3.63) is 58.7 Å². The third kappa shape index (κ3) is 7.61. The Morgan fingerprint density at radius 1 is 0.622 bits per heavy atom. The minimum absolute atomic E-state index is 0.352. The van der Waals surface area contributed by atoms with Crippen molar-refractivity contribution in [1.29, 1.82) is 0 Å². The summed E-state index contributed by atoms with van der Waals surface area (Å²) >= 11 is 0. The molecule has 0 aromatic heterocycles. The highest BCUT2D eigenvalue weighted by atomic mass is 16.5. The minimum atomic E-state index is -0.592. The van der Waals surface area contributed by atoms with Crippen molar-refractivity contribution in [2.24, 2.45) is 15.0 Å². The standard InChI is InChI=1S/C32H47N3O2/c1-19(2)25-15-13-16-26(20(3)4)29(25)33-23(9)31(36-11)35-32(37-12)24(10)34-30-27(21(5)6)17-14-18-28(30)22(7)8/h13-22,31H,1-12H3/b33-23?,34-24?,35-32+. The molecule has 0 aliphatic rings. The van der Waals surface area contributed by atoms with Crippen LogP contribution in [0.2, 0.25) is 0 Å². The summed E-state index contributed by atoms with van der Waals surface area (Å²) in [5.41, 5.74) is 8.37. The number of hydrogen-bond donors (Lipinski definition) is 0. The quantitative estimate of drug-likeness (QED) is 0.239. The zero-order valence-corrected chi connectivity index (χ0v) is 25.0. The number of para-hydroxylation sites is 2. The van der Waals surface area contributed by atoms with E-state index in [0.717, 1.165) is 17.1 Å². The summed E-state index contributed by atoms with van der Waals surface area (Å²) in [6.45, 7) is 21.5. The molecule has 0 radical (unpaired) electrons. The Morgan fingerprint density at radius 2 is 1.00 bits per heavy atom. The highest BCUT2D eigenvalue weighted by Crippen LogP contribution is 2.36. The average Bonchev–Trinajstić information content (AvgIpc) is 2.84. The second-order valence-corrected chi connectivity index (χ2v) is 10.9. The van der Waals surface area contributed by atoms with Crippen molar-refractivity contribution < 1.29 is 9.47 Å². The lowest BCUT2D eigenvalue weighted by Gasteiger charge is -2.19. The number of ether oxygens (including phenoxy) is 2. The SMILES string of the molecule is CO/C(=N/C(OC)C(C)=Nc1c(C(C)C)cccc1C(C)C)C(C)=Nc1c(C(C)C)cccc1C(C)C. The molecule has 0 N–H and O–H groups in total. The van der Waals surface area contributed by atoms with Crippen molar-refractivity contribution in [2.75, 3.05) is 14.2 Å². The molecule has 0 heterocycles. The summed E-state index contributed by atoms with van der Waals surface area (Å²) in [5.74, 6) is 1.86. The molecular weight excluding hydrogens is 458 g/mol. The van der Waals surface area contributed by atoms with Gasteiger partial charge in [0.05, 0.1) is 29.9 Å². The molecule has 0 spiro atoms. The Hall–Kier alpha value is -2.79. The van der Waals surface area contributed by atoms with Crippen LogP contribution in [0.1, 0.15) is 115 Å². The van der Waals surface area contributed by atoms with Gasteiger partial charge in [0.25, 0.3) is 0 Å². The van der Waals surface area contributed by atoms with Gasteiger partial charge in [-0.2, -0.15) is 0 Å². The Labute approximate surface area is 225 Å². The molecule has 0 amide bonds. The molecule has 37 heavy (non-hydrogen) atoms. The molecule has 2 aromatic carbocycles. The first-order chi connectivity index (χ1) is 17.4. The van der Waals surface area contributed by atoms with E-state index >= 15 is 0 Å². The molecular formula is C32H47N3O2. The minimum Gasteiger partial charge on any atom is -0.480 e. The van der Waals surface area contributed by atoms with E-state index in [4.69, 9.17) is 24.5 Å². The number of hydrogen-bond acceptors (Lipinski definition) is 5. The van der Waals surface area contributed by atoms with Gasteiger partial charge in [-0.25, -0.2) is 9.98 Å². The van der Waals surface area contributed by atoms with Crippen LogP contribution in [0.15, 0.2) is 51.4 Å². The lowest BCUT2D eigenvalue weighted by Crippen LogP contribution is -2.24. The van der Waals surface area contributed by atoms with E-state index in [1.165, 1.54) is 22.3 Å². The van der Waals surface area contributed by atoms with Crippen LogP contribution in [-0.4, -0.2) is 37.8 Å². The maximum atomic E-state index is 5.79. The molecule has 0 aliphatic heterocycles. The summed E-state index contributed by atoms with van der Waals surface area (Å²) in [7, 11) is 3.27. The first-order valence-electron chi connectivity index (χ1n) is 13.4. The predicted octanol–water partition coefficient (Wildman–Crippen LogP) is 9.08. The molecule has 5 heteroatoms. The highest BCUT2D eigenvalue weighted by molar-refractivity contribution is 6.38. The fourth-order valence-corrected chi connectivity index (χ4v) is 4.45. The van der Waals surface area contributed by atoms with Crippen LogP contribution in [0.4, 0.5) is 11.4 Å². The van der Waals surface area contributed by atoms with Gasteiger partial charge in [0.15, 0.2) is 6.23 Å². The zero-order chi connectivity index (χ0) is 27.9. The summed E-state index contributed by atoms with van der Waals surface area (Å²) in [5, 5.41) is 0. The van der Waals surface area contributed by atoms with Crippen molar-refractivity contribution >= 4 is 28.7 Å². The van der Waals surface area contributed by atoms with Crippen molar-refractivity contribution in [3.8, 4) is 0 Å². The summed E-state index contributed by atoms with van der Waals surface area (Å²) in [6.07, 6.45) is -0.592. The molecule has 0 aliphatic carbocycles. The maximum Gasteiger partial charge on any atom is 0.233 e. The third-order valence-electron chi connectivity index (χ3n) is 6.57. The predicted molar refractivity (Wildman–Crippen MR) is 160 cm³/mol. The van der Waals surface area contributed by atoms with E-state index in [-0.39, 0.29) is 0 Å². The molecule has 2 rings (SSSR count). The van der Waals surface area contributed by atoms with E-state index in [0.29, 0.717) is 35.3 Å². The number of rotatable bonds is 10. The summed E-state index contributed by atoms with van der Waals surface area (Å²) in [4.78, 5) is 14.9. The molecule has 5 nitrogen and oxygen atoms in total. The smallest absolute Gasteiger partial charge is 0.233 e. The molecule has 1 unspecified atom stereocenters. The first-order valence-corrected chi connectivity index (χ1v) is 13.4. The van der Waals surface area contributed by atoms with Gasteiger partial charge in [-0.1, -0.05) is 91.8 Å². The Bertz CT molecular complexity index is 1090. The van der Waals surface area contributed by atoms with Gasteiger partial charge in [-0.3, -0.25) is 4.99 Å². The molecule has 1 atom stereocenters. The lowest BCUT2D eigenvalue weighted by atomic mass is 9.93. The number of benzene rings is 2. The van der Waals surface area contributed by atoms with Crippen LogP contribution >= 0.6 is 0 Å². The van der Waals surface area contributed by atoms with Gasteiger partial charge >= 0.3 is 0 Å². The highest BCUT2D eigenvalue weighted by Gasteiger charge is 2.19. The van der Waals surface area contributed by atoms with Gasteiger partial charge in [0.1, 0.15) is 0 Å². The van der Waals surface area contributed by atoms with Crippen molar-refractivity contribution in [2.45, 2.75) is 99.1 Å². The van der Waals surface area contributed by atoms with Gasteiger partial charge in [-0.15, -0.1) is 0 Å². The van der Waals surface area contributed by atoms with Gasteiger partial charge < -0.3 is 9.47 Å². The van der Waals surface area contributed by atoms with Crippen LogP contribution < -0.4 is 0 Å². The van der Waals surface area contributed by atoms with E-state index in [1.54, 1.807) is 14.2 Å². The van der Waals surface area contributed by atoms with Crippen LogP contribution in [0.3, 0.4) is 0 Å². The normalized spacial score (nSPS) is 14.3. The molecule has 202 valence electrons. The molecule has 2 aromatic rings. The Kier molecular flexibility index (Phi) is 11.2. The van der Waals surface area contributed by atoms with E-state index in [2.05, 4.69) is 91.8 Å². The van der Waals surface area contributed by atoms with Crippen molar-refractivity contribution in [3.63, 3.8) is 0 Å². The van der Waals surface area contributed by atoms with Gasteiger partial charge in [0.2, 0.25) is 5.90 Å². The van der Waals surface area contributed by atoms with Crippen molar-refractivity contribution in [1.82, 2.24) is 0 Å². The first kappa shape index (κ1) is 30.4. The van der Waals surface area contributed by atoms with Crippen LogP contribution in [0, 0.1) is 0 Å². The summed E-state index contributed by atoms with van der Waals surface area (Å²) in [6, 6.07) is 12.9. The maximum absolute atomic E-state index is 5.79. The fourth-order valence-electron chi connectivity index (χ4n) is 4.45. The average molecular weight is 506 g/mol. The van der Waals surface area contributed by atoms with E-state index < -0.39 is 6.23 Å². The van der Waals surface area contributed by atoms with E-state index in [1.807, 2.05) is 13.8 Å². The van der Waals surface area contributed by atoms with Crippen LogP contribution in [0.5, 0.6) is 0 Å². The zero-order valence-electron chi connectivity index (χ0n) is 25.0. The number of nitrogens with zero attached hydrogens (tertiary/aromatic N) is 3. The monoisotopic (exact) mass is 505 g/mol. The topological polar surface area (TPSA) is 55.5 Å². The van der Waals surface area contributed by atoms with Gasteiger partial charge in [0, 0.05) is 7.11 Å². The lowest BCUT2D eigenvalue weighted by molar-refractivity contribution is 0.160. The second-order valence-electron chi connectivity index (χ2n) is 10.9. The molecule has 0 saturated carbocycles. The molecule has 0 saturated heterocycles. The number of methoxy groups -OCH3 is 2. The van der Waals surface area contributed by atoms with E-state index in [9.17, 15) is 0 Å². The fraction of sp³-hybridized carbons (Fsp3) is 0.531. The summed E-state index contributed by atoms with van der Waals surface area (Å²) < 4.78 is 11.5. The molecule has 0 bridgehead atoms.